The molecule has 0 aromatic heterocycles. The van der Waals surface area contributed by atoms with Crippen molar-refractivity contribution in [3.63, 3.8) is 0 Å². The van der Waals surface area contributed by atoms with E-state index in [0.29, 0.717) is 16.5 Å². The Hall–Kier alpha value is -1.91. The van der Waals surface area contributed by atoms with E-state index in [4.69, 9.17) is 31.6 Å². The molecule has 0 aliphatic carbocycles. The van der Waals surface area contributed by atoms with Crippen LogP contribution < -0.4 is 9.47 Å². The number of ether oxygens (including phenoxy) is 2. The van der Waals surface area contributed by atoms with Crippen molar-refractivity contribution in [1.29, 1.82) is 10.5 Å². The van der Waals surface area contributed by atoms with Crippen LogP contribution in [0.2, 0.25) is 5.02 Å². The first-order chi connectivity index (χ1) is 7.67. The maximum absolute atomic E-state index is 8.62. The van der Waals surface area contributed by atoms with Crippen molar-refractivity contribution in [2.45, 2.75) is 13.0 Å². The summed E-state index contributed by atoms with van der Waals surface area (Å²) >= 11 is 5.78. The zero-order chi connectivity index (χ0) is 12.0. The minimum absolute atomic E-state index is 0.0996. The predicted molar refractivity (Wildman–Crippen MR) is 58.3 cm³/mol. The Balaban J connectivity index is 2.90. The molecule has 0 saturated heterocycles. The average molecular weight is 237 g/mol. The Kier molecular flexibility index (Phi) is 4.44. The molecule has 0 aliphatic rings. The molecule has 0 aliphatic heterocycles. The fraction of sp³-hybridized carbons (Fsp3) is 0.273. The molecule has 1 unspecified atom stereocenters. The smallest absolute Gasteiger partial charge is 0.181 e. The summed E-state index contributed by atoms with van der Waals surface area (Å²) < 4.78 is 10.4. The Morgan fingerprint density at radius 2 is 2.12 bits per heavy atom. The van der Waals surface area contributed by atoms with Crippen LogP contribution in [-0.4, -0.2) is 12.7 Å². The number of halogens is 1. The largest absolute Gasteiger partial charge is 0.475 e. The molecule has 82 valence electrons. The van der Waals surface area contributed by atoms with Gasteiger partial charge in [0.2, 0.25) is 0 Å². The molecular weight excluding hydrogens is 228 g/mol. The van der Waals surface area contributed by atoms with Gasteiger partial charge in [0, 0.05) is 11.1 Å². The molecule has 0 bridgehead atoms. The van der Waals surface area contributed by atoms with Crippen LogP contribution in [-0.2, 0) is 0 Å². The quantitative estimate of drug-likeness (QED) is 0.806. The molecule has 0 amide bonds. The normalized spacial score (nSPS) is 11.0. The monoisotopic (exact) mass is 236 g/mol. The lowest BCUT2D eigenvalue weighted by atomic mass is 10.3. The van der Waals surface area contributed by atoms with Crippen molar-refractivity contribution >= 4 is 11.6 Å². The summed E-state index contributed by atoms with van der Waals surface area (Å²) in [5.41, 5.74) is 0. The van der Waals surface area contributed by atoms with Gasteiger partial charge in [-0.05, 0) is 19.1 Å². The lowest BCUT2D eigenvalue weighted by Gasteiger charge is -2.12. The van der Waals surface area contributed by atoms with Crippen molar-refractivity contribution in [1.82, 2.24) is 0 Å². The van der Waals surface area contributed by atoms with Crippen molar-refractivity contribution in [3.05, 3.63) is 23.2 Å². The highest BCUT2D eigenvalue weighted by molar-refractivity contribution is 6.30. The first-order valence-corrected chi connectivity index (χ1v) is 4.90. The van der Waals surface area contributed by atoms with Crippen molar-refractivity contribution in [2.75, 3.05) is 6.61 Å². The molecule has 0 radical (unpaired) electrons. The summed E-state index contributed by atoms with van der Waals surface area (Å²) in [6, 6.07) is 8.55. The fourth-order valence-electron chi connectivity index (χ4n) is 1.02. The number of rotatable bonds is 4. The van der Waals surface area contributed by atoms with Gasteiger partial charge in [0.25, 0.3) is 0 Å². The average Bonchev–Trinajstić information content (AvgIpc) is 2.29. The molecule has 0 heterocycles. The molecule has 5 heteroatoms. The topological polar surface area (TPSA) is 66.0 Å². The predicted octanol–water partition coefficient (Wildman–Crippen LogP) is 2.53. The molecule has 0 spiro atoms. The van der Waals surface area contributed by atoms with Crippen molar-refractivity contribution in [3.8, 4) is 23.6 Å². The van der Waals surface area contributed by atoms with Gasteiger partial charge >= 0.3 is 0 Å². The molecular formula is C11H9ClN2O2. The van der Waals surface area contributed by atoms with Gasteiger partial charge in [0.15, 0.2) is 24.2 Å². The highest BCUT2D eigenvalue weighted by Crippen LogP contribution is 2.31. The van der Waals surface area contributed by atoms with Crippen molar-refractivity contribution < 1.29 is 9.47 Å². The fourth-order valence-corrected chi connectivity index (χ4v) is 1.18. The number of hydrogen-bond acceptors (Lipinski definition) is 4. The van der Waals surface area contributed by atoms with E-state index < -0.39 is 6.10 Å². The van der Waals surface area contributed by atoms with Crippen LogP contribution in [0, 0.1) is 22.7 Å². The summed E-state index contributed by atoms with van der Waals surface area (Å²) in [4.78, 5) is 0. The third-order valence-corrected chi connectivity index (χ3v) is 1.92. The van der Waals surface area contributed by atoms with E-state index in [2.05, 4.69) is 0 Å². The first-order valence-electron chi connectivity index (χ1n) is 4.53. The number of hydrogen-bond donors (Lipinski definition) is 0. The van der Waals surface area contributed by atoms with Crippen LogP contribution in [0.15, 0.2) is 18.2 Å². The van der Waals surface area contributed by atoms with Gasteiger partial charge in [-0.25, -0.2) is 0 Å². The number of nitriles is 2. The van der Waals surface area contributed by atoms with Gasteiger partial charge in [-0.2, -0.15) is 10.5 Å². The highest BCUT2D eigenvalue weighted by Gasteiger charge is 2.09. The summed E-state index contributed by atoms with van der Waals surface area (Å²) in [5.74, 6) is 0.754. The summed E-state index contributed by atoms with van der Waals surface area (Å²) in [6.07, 6.45) is -0.592. The van der Waals surface area contributed by atoms with Crippen LogP contribution in [0.3, 0.4) is 0 Å². The zero-order valence-corrected chi connectivity index (χ0v) is 9.36. The maximum atomic E-state index is 8.62. The first kappa shape index (κ1) is 12.2. The second-order valence-corrected chi connectivity index (χ2v) is 3.36. The third-order valence-electron chi connectivity index (χ3n) is 1.68. The minimum Gasteiger partial charge on any atom is -0.475 e. The number of benzene rings is 1. The standard InChI is InChI=1S/C11H9ClN2O2/c1-8(7-14)16-10-3-2-9(12)6-11(10)15-5-4-13/h2-3,6,8H,5H2,1H3. The zero-order valence-electron chi connectivity index (χ0n) is 8.61. The van der Waals surface area contributed by atoms with E-state index in [1.165, 1.54) is 0 Å². The second kappa shape index (κ2) is 5.85. The van der Waals surface area contributed by atoms with Crippen LogP contribution in [0.1, 0.15) is 6.92 Å². The molecule has 1 rings (SSSR count). The van der Waals surface area contributed by atoms with Crippen LogP contribution >= 0.6 is 11.6 Å². The van der Waals surface area contributed by atoms with E-state index in [1.54, 1.807) is 25.1 Å². The van der Waals surface area contributed by atoms with E-state index in [-0.39, 0.29) is 6.61 Å². The van der Waals surface area contributed by atoms with Gasteiger partial charge < -0.3 is 9.47 Å². The molecule has 1 atom stereocenters. The van der Waals surface area contributed by atoms with Crippen molar-refractivity contribution in [2.24, 2.45) is 0 Å². The Bertz CT molecular complexity index is 448. The van der Waals surface area contributed by atoms with E-state index >= 15 is 0 Å². The lowest BCUT2D eigenvalue weighted by Crippen LogP contribution is -2.09. The molecule has 0 fully saturated rings. The summed E-state index contributed by atoms with van der Waals surface area (Å²) in [5, 5.41) is 17.5. The van der Waals surface area contributed by atoms with Gasteiger partial charge in [-0.15, -0.1) is 0 Å². The Morgan fingerprint density at radius 1 is 1.38 bits per heavy atom. The van der Waals surface area contributed by atoms with E-state index in [9.17, 15) is 0 Å². The molecule has 16 heavy (non-hydrogen) atoms. The second-order valence-electron chi connectivity index (χ2n) is 2.93. The molecule has 1 aromatic carbocycles. The lowest BCUT2D eigenvalue weighted by molar-refractivity contribution is 0.255. The van der Waals surface area contributed by atoms with Gasteiger partial charge in [-0.3, -0.25) is 0 Å². The Morgan fingerprint density at radius 3 is 2.75 bits per heavy atom. The third kappa shape index (κ3) is 3.34. The molecule has 0 N–H and O–H groups in total. The SMILES string of the molecule is CC(C#N)Oc1ccc(Cl)cc1OCC#N. The molecule has 1 aromatic rings. The van der Waals surface area contributed by atoms with E-state index in [1.807, 2.05) is 12.1 Å². The van der Waals surface area contributed by atoms with Gasteiger partial charge in [0.05, 0.1) is 0 Å². The number of nitrogens with zero attached hydrogens (tertiary/aromatic N) is 2. The van der Waals surface area contributed by atoms with E-state index in [0.717, 1.165) is 0 Å². The minimum atomic E-state index is -0.592. The Labute approximate surface area is 98.6 Å². The summed E-state index contributed by atoms with van der Waals surface area (Å²) in [7, 11) is 0. The summed E-state index contributed by atoms with van der Waals surface area (Å²) in [6.45, 7) is 1.51. The maximum Gasteiger partial charge on any atom is 0.181 e. The highest BCUT2D eigenvalue weighted by atomic mass is 35.5. The van der Waals surface area contributed by atoms with Crippen LogP contribution in [0.25, 0.3) is 0 Å². The van der Waals surface area contributed by atoms with Crippen LogP contribution in [0.4, 0.5) is 0 Å². The van der Waals surface area contributed by atoms with Gasteiger partial charge in [-0.1, -0.05) is 11.6 Å². The van der Waals surface area contributed by atoms with Gasteiger partial charge in [0.1, 0.15) is 12.1 Å². The van der Waals surface area contributed by atoms with Crippen LogP contribution in [0.5, 0.6) is 11.5 Å². The molecule has 0 saturated carbocycles. The molecule has 4 nitrogen and oxygen atoms in total.